The Labute approximate surface area is 201 Å². The van der Waals surface area contributed by atoms with E-state index < -0.39 is 17.9 Å². The largest absolute Gasteiger partial charge is 0.491 e. The highest BCUT2D eigenvalue weighted by Crippen LogP contribution is 2.40. The minimum atomic E-state index is -4.69. The van der Waals surface area contributed by atoms with E-state index in [0.29, 0.717) is 24.7 Å². The van der Waals surface area contributed by atoms with Gasteiger partial charge in [0.2, 0.25) is 5.60 Å². The molecule has 1 amide bonds. The standard InChI is InChI=1S/C25H30F3N3O4/c1-15(2)31-20-14-18(34-13-12-33-5)10-11-19(20)21(29)22(31)16-6-8-17(9-7-16)30-23(32)35-24(3,4)25(26,27)28/h6-11,14-15H,12-13,29H2,1-5H3,(H,30,32). The second kappa shape index (κ2) is 10.1. The van der Waals surface area contributed by atoms with E-state index in [4.69, 9.17) is 15.2 Å². The lowest BCUT2D eigenvalue weighted by Crippen LogP contribution is -2.44. The summed E-state index contributed by atoms with van der Waals surface area (Å²) in [5.74, 6) is 0.695. The number of nitrogens with two attached hydrogens (primary N) is 1. The minimum absolute atomic E-state index is 0.0661. The number of amides is 1. The molecule has 0 bridgehead atoms. The maximum Gasteiger partial charge on any atom is 0.427 e. The Kier molecular flexibility index (Phi) is 7.54. The topological polar surface area (TPSA) is 87.7 Å². The van der Waals surface area contributed by atoms with Gasteiger partial charge in [0.15, 0.2) is 0 Å². The Morgan fingerprint density at radius 3 is 2.31 bits per heavy atom. The van der Waals surface area contributed by atoms with Crippen LogP contribution in [-0.2, 0) is 9.47 Å². The van der Waals surface area contributed by atoms with Crippen molar-refractivity contribution in [2.45, 2.75) is 45.5 Å². The first kappa shape index (κ1) is 26.2. The molecule has 1 heterocycles. The van der Waals surface area contributed by atoms with Crippen LogP contribution in [0.1, 0.15) is 33.7 Å². The molecule has 7 nitrogen and oxygen atoms in total. The van der Waals surface area contributed by atoms with Crippen LogP contribution in [0, 0.1) is 0 Å². The lowest BCUT2D eigenvalue weighted by atomic mass is 10.1. The number of ether oxygens (including phenoxy) is 3. The zero-order valence-corrected chi connectivity index (χ0v) is 20.3. The Hall–Kier alpha value is -3.40. The monoisotopic (exact) mass is 493 g/mol. The van der Waals surface area contributed by atoms with Gasteiger partial charge in [0.05, 0.1) is 23.5 Å². The highest BCUT2D eigenvalue weighted by atomic mass is 19.4. The molecular weight excluding hydrogens is 463 g/mol. The Balaban J connectivity index is 1.89. The number of alkyl halides is 3. The number of fused-ring (bicyclic) bond motifs is 1. The number of methoxy groups -OCH3 is 1. The molecule has 0 spiro atoms. The van der Waals surface area contributed by atoms with Crippen LogP contribution in [0.25, 0.3) is 22.2 Å². The number of hydrogen-bond donors (Lipinski definition) is 2. The minimum Gasteiger partial charge on any atom is -0.491 e. The summed E-state index contributed by atoms with van der Waals surface area (Å²) < 4.78 is 56.3. The molecule has 0 unspecified atom stereocenters. The van der Waals surface area contributed by atoms with Crippen molar-refractivity contribution < 1.29 is 32.2 Å². The lowest BCUT2D eigenvalue weighted by molar-refractivity contribution is -0.242. The van der Waals surface area contributed by atoms with Crippen LogP contribution >= 0.6 is 0 Å². The number of nitrogens with one attached hydrogen (secondary N) is 1. The van der Waals surface area contributed by atoms with Gasteiger partial charge in [0, 0.05) is 35.9 Å². The summed E-state index contributed by atoms with van der Waals surface area (Å²) >= 11 is 0. The van der Waals surface area contributed by atoms with Gasteiger partial charge in [-0.2, -0.15) is 13.2 Å². The maximum atomic E-state index is 13.0. The fourth-order valence-electron chi connectivity index (χ4n) is 3.62. The molecule has 3 rings (SSSR count). The molecule has 35 heavy (non-hydrogen) atoms. The number of halogens is 3. The van der Waals surface area contributed by atoms with Gasteiger partial charge in [-0.05, 0) is 52.0 Å². The number of carbonyl (C=O) groups excluding carboxylic acids is 1. The van der Waals surface area contributed by atoms with Crippen molar-refractivity contribution in [2.24, 2.45) is 0 Å². The van der Waals surface area contributed by atoms with Crippen molar-refractivity contribution >= 4 is 28.4 Å². The van der Waals surface area contributed by atoms with E-state index in [2.05, 4.69) is 14.6 Å². The molecule has 0 fully saturated rings. The second-order valence-corrected chi connectivity index (χ2v) is 8.85. The summed E-state index contributed by atoms with van der Waals surface area (Å²) in [6, 6.07) is 12.4. The molecule has 2 aromatic carbocycles. The number of anilines is 2. The summed E-state index contributed by atoms with van der Waals surface area (Å²) in [5.41, 5.74) is 7.27. The van der Waals surface area contributed by atoms with Gasteiger partial charge in [-0.1, -0.05) is 12.1 Å². The van der Waals surface area contributed by atoms with Crippen LogP contribution in [0.2, 0.25) is 0 Å². The zero-order chi connectivity index (χ0) is 26.0. The predicted molar refractivity (Wildman–Crippen MR) is 130 cm³/mol. The Bertz CT molecular complexity index is 1190. The average molecular weight is 494 g/mol. The molecule has 0 aliphatic heterocycles. The average Bonchev–Trinajstić information content (AvgIpc) is 3.05. The second-order valence-electron chi connectivity index (χ2n) is 8.85. The van der Waals surface area contributed by atoms with E-state index in [9.17, 15) is 18.0 Å². The van der Waals surface area contributed by atoms with Gasteiger partial charge in [-0.15, -0.1) is 0 Å². The van der Waals surface area contributed by atoms with Crippen molar-refractivity contribution in [1.82, 2.24) is 4.57 Å². The van der Waals surface area contributed by atoms with Gasteiger partial charge in [-0.25, -0.2) is 4.79 Å². The number of aromatic nitrogens is 1. The maximum absolute atomic E-state index is 13.0. The predicted octanol–water partition coefficient (Wildman–Crippen LogP) is 6.39. The molecule has 3 aromatic rings. The van der Waals surface area contributed by atoms with E-state index in [1.54, 1.807) is 31.4 Å². The molecule has 0 atom stereocenters. The third-order valence-electron chi connectivity index (χ3n) is 5.52. The van der Waals surface area contributed by atoms with Crippen molar-refractivity contribution in [2.75, 3.05) is 31.4 Å². The third-order valence-corrected chi connectivity index (χ3v) is 5.52. The molecule has 0 saturated heterocycles. The highest BCUT2D eigenvalue weighted by Gasteiger charge is 2.50. The number of nitrogen functional groups attached to an aromatic ring is 1. The Morgan fingerprint density at radius 2 is 1.74 bits per heavy atom. The molecule has 0 radical (unpaired) electrons. The third kappa shape index (κ3) is 5.64. The van der Waals surface area contributed by atoms with Crippen LogP contribution in [0.4, 0.5) is 29.3 Å². The Morgan fingerprint density at radius 1 is 1.09 bits per heavy atom. The number of nitrogens with zero attached hydrogens (tertiary/aromatic N) is 1. The van der Waals surface area contributed by atoms with E-state index in [1.807, 2.05) is 32.0 Å². The van der Waals surface area contributed by atoms with E-state index in [-0.39, 0.29) is 11.7 Å². The molecule has 190 valence electrons. The SMILES string of the molecule is COCCOc1ccc2c(N)c(-c3ccc(NC(=O)OC(C)(C)C(F)(F)F)cc3)n(C(C)C)c2c1. The molecule has 0 saturated carbocycles. The van der Waals surface area contributed by atoms with E-state index in [0.717, 1.165) is 36.0 Å². The number of hydrogen-bond acceptors (Lipinski definition) is 5. The van der Waals surface area contributed by atoms with Crippen LogP contribution in [0.3, 0.4) is 0 Å². The number of benzene rings is 2. The highest BCUT2D eigenvalue weighted by molar-refractivity contribution is 6.01. The smallest absolute Gasteiger partial charge is 0.427 e. The summed E-state index contributed by atoms with van der Waals surface area (Å²) in [6.45, 7) is 6.54. The molecule has 1 aromatic heterocycles. The van der Waals surface area contributed by atoms with Crippen molar-refractivity contribution in [3.05, 3.63) is 42.5 Å². The van der Waals surface area contributed by atoms with Gasteiger partial charge in [-0.3, -0.25) is 5.32 Å². The van der Waals surface area contributed by atoms with Crippen LogP contribution < -0.4 is 15.8 Å². The van der Waals surface area contributed by atoms with Crippen LogP contribution in [0.15, 0.2) is 42.5 Å². The molecule has 0 aliphatic carbocycles. The quantitative estimate of drug-likeness (QED) is 0.355. The fourth-order valence-corrected chi connectivity index (χ4v) is 3.62. The number of carbonyl (C=O) groups is 1. The van der Waals surface area contributed by atoms with Crippen molar-refractivity contribution in [1.29, 1.82) is 0 Å². The summed E-state index contributed by atoms with van der Waals surface area (Å²) in [6.07, 6.45) is -5.89. The molecular formula is C25H30F3N3O4. The van der Waals surface area contributed by atoms with Crippen molar-refractivity contribution in [3.8, 4) is 17.0 Å². The normalized spacial score (nSPS) is 12.3. The fraction of sp³-hybridized carbons (Fsp3) is 0.400. The van der Waals surface area contributed by atoms with Gasteiger partial charge in [0.1, 0.15) is 12.4 Å². The van der Waals surface area contributed by atoms with Crippen LogP contribution in [0.5, 0.6) is 5.75 Å². The number of rotatable bonds is 8. The molecule has 0 aliphatic rings. The van der Waals surface area contributed by atoms with Gasteiger partial charge >= 0.3 is 12.3 Å². The summed E-state index contributed by atoms with van der Waals surface area (Å²) in [5, 5.41) is 3.20. The van der Waals surface area contributed by atoms with Crippen molar-refractivity contribution in [3.63, 3.8) is 0 Å². The zero-order valence-electron chi connectivity index (χ0n) is 20.3. The first-order valence-electron chi connectivity index (χ1n) is 11.1. The van der Waals surface area contributed by atoms with Gasteiger partial charge in [0.25, 0.3) is 0 Å². The molecule has 10 heteroatoms. The summed E-state index contributed by atoms with van der Waals surface area (Å²) in [4.78, 5) is 12.0. The van der Waals surface area contributed by atoms with E-state index >= 15 is 0 Å². The first-order chi connectivity index (χ1) is 16.4. The molecule has 3 N–H and O–H groups in total. The lowest BCUT2D eigenvalue weighted by Gasteiger charge is -2.27. The first-order valence-corrected chi connectivity index (χ1v) is 11.1. The van der Waals surface area contributed by atoms with E-state index in [1.165, 1.54) is 0 Å². The van der Waals surface area contributed by atoms with Gasteiger partial charge < -0.3 is 24.5 Å². The van der Waals surface area contributed by atoms with Crippen LogP contribution in [-0.4, -0.2) is 42.8 Å². The summed E-state index contributed by atoms with van der Waals surface area (Å²) in [7, 11) is 1.61.